The van der Waals surface area contributed by atoms with Crippen molar-refractivity contribution in [2.24, 2.45) is 5.92 Å². The molecule has 3 heteroatoms. The number of hydrogen-bond donors (Lipinski definition) is 1. The van der Waals surface area contributed by atoms with E-state index >= 15 is 0 Å². The second kappa shape index (κ2) is 3.28. The van der Waals surface area contributed by atoms with Crippen molar-refractivity contribution in [3.63, 3.8) is 0 Å². The summed E-state index contributed by atoms with van der Waals surface area (Å²) in [6.07, 6.45) is -0.883. The Morgan fingerprint density at radius 3 is 2.38 bits per heavy atom. The second-order valence-electron chi connectivity index (χ2n) is 3.37. The van der Waals surface area contributed by atoms with Crippen LogP contribution in [0.3, 0.4) is 0 Å². The average Bonchev–Trinajstić information content (AvgIpc) is 2.78. The third-order valence-electron chi connectivity index (χ3n) is 2.54. The minimum atomic E-state index is -0.883. The van der Waals surface area contributed by atoms with Crippen LogP contribution in [0, 0.1) is 5.92 Å². The number of aliphatic hydroxyl groups excluding tert-OH is 1. The maximum atomic E-state index is 13.0. The van der Waals surface area contributed by atoms with Crippen LogP contribution in [-0.2, 0) is 0 Å². The smallest absolute Gasteiger partial charge is 0.113 e. The molecular formula is C10H10ClFO. The molecule has 3 atom stereocenters. The minimum absolute atomic E-state index is 0.0749. The third kappa shape index (κ3) is 1.56. The Hall–Kier alpha value is -0.600. The van der Waals surface area contributed by atoms with Crippen molar-refractivity contribution < 1.29 is 9.50 Å². The zero-order chi connectivity index (χ0) is 9.42. The standard InChI is InChI=1S/C10H10ClFO/c11-7-3-1-6(2-4-7)9-8(5-13)10(9)12/h1-4,8-10,13H,5H2/t8-,9-,10+/m1/s1. The topological polar surface area (TPSA) is 20.2 Å². The van der Waals surface area contributed by atoms with Gasteiger partial charge in [0.05, 0.1) is 0 Å². The fourth-order valence-electron chi connectivity index (χ4n) is 1.66. The lowest BCUT2D eigenvalue weighted by atomic mass is 10.1. The van der Waals surface area contributed by atoms with E-state index in [1.165, 1.54) is 0 Å². The molecule has 0 unspecified atom stereocenters. The highest BCUT2D eigenvalue weighted by molar-refractivity contribution is 6.30. The highest BCUT2D eigenvalue weighted by atomic mass is 35.5. The first-order chi connectivity index (χ1) is 6.24. The summed E-state index contributed by atoms with van der Waals surface area (Å²) >= 11 is 5.70. The van der Waals surface area contributed by atoms with Crippen LogP contribution in [0.4, 0.5) is 4.39 Å². The largest absolute Gasteiger partial charge is 0.396 e. The van der Waals surface area contributed by atoms with Crippen molar-refractivity contribution in [1.82, 2.24) is 0 Å². The Labute approximate surface area is 81.1 Å². The molecule has 0 radical (unpaired) electrons. The number of aliphatic hydroxyl groups is 1. The third-order valence-corrected chi connectivity index (χ3v) is 2.79. The maximum Gasteiger partial charge on any atom is 0.113 e. The Balaban J connectivity index is 2.15. The molecule has 0 aromatic heterocycles. The van der Waals surface area contributed by atoms with Crippen molar-refractivity contribution in [3.05, 3.63) is 34.9 Å². The summed E-state index contributed by atoms with van der Waals surface area (Å²) in [7, 11) is 0. The fourth-order valence-corrected chi connectivity index (χ4v) is 1.79. The van der Waals surface area contributed by atoms with Gasteiger partial charge in [0.1, 0.15) is 6.17 Å². The van der Waals surface area contributed by atoms with Crippen LogP contribution in [0.1, 0.15) is 11.5 Å². The number of rotatable bonds is 2. The Morgan fingerprint density at radius 2 is 1.92 bits per heavy atom. The van der Waals surface area contributed by atoms with Gasteiger partial charge in [0.2, 0.25) is 0 Å². The molecule has 1 aliphatic rings. The lowest BCUT2D eigenvalue weighted by Crippen LogP contribution is -1.88. The molecule has 0 amide bonds. The Kier molecular flexibility index (Phi) is 2.26. The molecule has 1 aliphatic carbocycles. The lowest BCUT2D eigenvalue weighted by Gasteiger charge is -1.97. The molecular weight excluding hydrogens is 191 g/mol. The van der Waals surface area contributed by atoms with Crippen molar-refractivity contribution in [2.75, 3.05) is 6.61 Å². The van der Waals surface area contributed by atoms with Gasteiger partial charge in [-0.05, 0) is 17.7 Å². The molecule has 70 valence electrons. The molecule has 0 aliphatic heterocycles. The maximum absolute atomic E-state index is 13.0. The van der Waals surface area contributed by atoms with Crippen LogP contribution < -0.4 is 0 Å². The van der Waals surface area contributed by atoms with Gasteiger partial charge < -0.3 is 5.11 Å². The summed E-state index contributed by atoms with van der Waals surface area (Å²) in [5.74, 6) is -0.330. The molecule has 1 aromatic rings. The molecule has 1 N–H and O–H groups in total. The monoisotopic (exact) mass is 200 g/mol. The van der Waals surface area contributed by atoms with E-state index in [0.29, 0.717) is 5.02 Å². The molecule has 1 aromatic carbocycles. The van der Waals surface area contributed by atoms with E-state index < -0.39 is 6.17 Å². The van der Waals surface area contributed by atoms with Gasteiger partial charge in [0, 0.05) is 23.5 Å². The van der Waals surface area contributed by atoms with Gasteiger partial charge in [-0.1, -0.05) is 23.7 Å². The summed E-state index contributed by atoms with van der Waals surface area (Å²) in [6, 6.07) is 7.12. The van der Waals surface area contributed by atoms with Gasteiger partial charge in [-0.3, -0.25) is 0 Å². The van der Waals surface area contributed by atoms with Crippen LogP contribution in [0.25, 0.3) is 0 Å². The zero-order valence-corrected chi connectivity index (χ0v) is 7.71. The van der Waals surface area contributed by atoms with Gasteiger partial charge in [0.15, 0.2) is 0 Å². The van der Waals surface area contributed by atoms with Gasteiger partial charge >= 0.3 is 0 Å². The molecule has 0 heterocycles. The molecule has 1 fully saturated rings. The number of benzene rings is 1. The Morgan fingerprint density at radius 1 is 1.31 bits per heavy atom. The lowest BCUT2D eigenvalue weighted by molar-refractivity contribution is 0.257. The van der Waals surface area contributed by atoms with E-state index in [0.717, 1.165) is 5.56 Å². The van der Waals surface area contributed by atoms with Crippen LogP contribution >= 0.6 is 11.6 Å². The predicted octanol–water partition coefficient (Wildman–Crippen LogP) is 2.38. The molecule has 2 rings (SSSR count). The molecule has 0 bridgehead atoms. The minimum Gasteiger partial charge on any atom is -0.396 e. The first-order valence-corrected chi connectivity index (χ1v) is 4.62. The van der Waals surface area contributed by atoms with E-state index in [4.69, 9.17) is 16.7 Å². The summed E-state index contributed by atoms with van der Waals surface area (Å²) < 4.78 is 13.0. The van der Waals surface area contributed by atoms with Crippen molar-refractivity contribution in [1.29, 1.82) is 0 Å². The van der Waals surface area contributed by atoms with E-state index in [9.17, 15) is 4.39 Å². The summed E-state index contributed by atoms with van der Waals surface area (Å²) in [5.41, 5.74) is 0.927. The number of hydrogen-bond acceptors (Lipinski definition) is 1. The van der Waals surface area contributed by atoms with E-state index in [-0.39, 0.29) is 18.4 Å². The van der Waals surface area contributed by atoms with Crippen LogP contribution in [0.15, 0.2) is 24.3 Å². The van der Waals surface area contributed by atoms with Crippen molar-refractivity contribution in [3.8, 4) is 0 Å². The van der Waals surface area contributed by atoms with Crippen molar-refractivity contribution >= 4 is 11.6 Å². The summed E-state index contributed by atoms with van der Waals surface area (Å²) in [5, 5.41) is 9.45. The number of halogens is 2. The van der Waals surface area contributed by atoms with Crippen molar-refractivity contribution in [2.45, 2.75) is 12.1 Å². The van der Waals surface area contributed by atoms with E-state index in [1.807, 2.05) is 12.1 Å². The van der Waals surface area contributed by atoms with E-state index in [1.54, 1.807) is 12.1 Å². The fraction of sp³-hybridized carbons (Fsp3) is 0.400. The summed E-state index contributed by atoms with van der Waals surface area (Å²) in [6.45, 7) is -0.0749. The SMILES string of the molecule is OC[C@H]1[C@H](F)[C@@H]1c1ccc(Cl)cc1. The molecule has 1 nitrogen and oxygen atoms in total. The quantitative estimate of drug-likeness (QED) is 0.777. The zero-order valence-electron chi connectivity index (χ0n) is 6.95. The highest BCUT2D eigenvalue weighted by Gasteiger charge is 2.51. The second-order valence-corrected chi connectivity index (χ2v) is 3.80. The van der Waals surface area contributed by atoms with Gasteiger partial charge in [-0.25, -0.2) is 4.39 Å². The highest BCUT2D eigenvalue weighted by Crippen LogP contribution is 2.49. The Bertz CT molecular complexity index is 298. The average molecular weight is 201 g/mol. The van der Waals surface area contributed by atoms with E-state index in [2.05, 4.69) is 0 Å². The van der Waals surface area contributed by atoms with Crippen LogP contribution in [0.2, 0.25) is 5.02 Å². The number of alkyl halides is 1. The first-order valence-electron chi connectivity index (χ1n) is 4.24. The molecule has 0 saturated heterocycles. The molecule has 1 saturated carbocycles. The van der Waals surface area contributed by atoms with Crippen LogP contribution in [0.5, 0.6) is 0 Å². The molecule has 13 heavy (non-hydrogen) atoms. The van der Waals surface area contributed by atoms with Gasteiger partial charge in [-0.2, -0.15) is 0 Å². The normalized spacial score (nSPS) is 31.8. The van der Waals surface area contributed by atoms with Gasteiger partial charge in [0.25, 0.3) is 0 Å². The predicted molar refractivity (Wildman–Crippen MR) is 49.7 cm³/mol. The van der Waals surface area contributed by atoms with Crippen LogP contribution in [-0.4, -0.2) is 17.9 Å². The molecule has 0 spiro atoms. The first kappa shape index (κ1) is 8.97. The van der Waals surface area contributed by atoms with Gasteiger partial charge in [-0.15, -0.1) is 0 Å². The summed E-state index contributed by atoms with van der Waals surface area (Å²) in [4.78, 5) is 0.